The third kappa shape index (κ3) is 3.65. The lowest BCUT2D eigenvalue weighted by Crippen LogP contribution is -2.14. The molecule has 1 aromatic heterocycles. The zero-order valence-electron chi connectivity index (χ0n) is 12.5. The molecule has 1 fully saturated rings. The number of nitrogens with zero attached hydrogens (tertiary/aromatic N) is 1. The van der Waals surface area contributed by atoms with Crippen LogP contribution >= 0.6 is 11.3 Å². The van der Waals surface area contributed by atoms with Crippen molar-refractivity contribution in [3.8, 4) is 0 Å². The molecule has 1 aliphatic carbocycles. The van der Waals surface area contributed by atoms with Crippen LogP contribution in [-0.4, -0.2) is 10.9 Å². The summed E-state index contributed by atoms with van der Waals surface area (Å²) >= 11 is 1.45. The molecule has 2 unspecified atom stereocenters. The first-order chi connectivity index (χ1) is 10.7. The highest BCUT2D eigenvalue weighted by molar-refractivity contribution is 7.13. The molecule has 0 saturated heterocycles. The van der Waals surface area contributed by atoms with Crippen molar-refractivity contribution in [2.75, 3.05) is 11.1 Å². The van der Waals surface area contributed by atoms with Crippen LogP contribution in [0.25, 0.3) is 0 Å². The number of nitrogens with two attached hydrogens (primary N) is 1. The van der Waals surface area contributed by atoms with Crippen LogP contribution in [0.15, 0.2) is 35.8 Å². The first-order valence-corrected chi connectivity index (χ1v) is 8.65. The van der Waals surface area contributed by atoms with E-state index in [2.05, 4.69) is 22.4 Å². The maximum absolute atomic E-state index is 12.0. The average Bonchev–Trinajstić information content (AvgIpc) is 3.17. The molecule has 0 radical (unpaired) electrons. The molecule has 116 valence electrons. The highest BCUT2D eigenvalue weighted by atomic mass is 32.1. The Bertz CT molecular complexity index is 609. The number of nitrogen functional groups attached to an aromatic ring is 1. The molecule has 1 aliphatic rings. The topological polar surface area (TPSA) is 68.0 Å². The van der Waals surface area contributed by atoms with Crippen molar-refractivity contribution >= 4 is 28.1 Å². The minimum atomic E-state index is 0.0675. The Morgan fingerprint density at radius 3 is 2.86 bits per heavy atom. The molecule has 4 nitrogen and oxygen atoms in total. The standard InChI is InChI=1S/C17H21N3OS/c18-14-7-4-13(5-8-14)15-3-1-2-12(15)6-9-16(21)20-17-19-10-11-22-17/h4-5,7-8,10-12,15H,1-3,6,9,18H2,(H,19,20,21). The molecule has 0 bridgehead atoms. The van der Waals surface area contributed by atoms with Crippen molar-refractivity contribution in [1.82, 2.24) is 4.98 Å². The van der Waals surface area contributed by atoms with E-state index in [-0.39, 0.29) is 5.91 Å². The van der Waals surface area contributed by atoms with Gasteiger partial charge in [0.25, 0.3) is 0 Å². The van der Waals surface area contributed by atoms with Gasteiger partial charge >= 0.3 is 0 Å². The Morgan fingerprint density at radius 1 is 1.32 bits per heavy atom. The average molecular weight is 315 g/mol. The van der Waals surface area contributed by atoms with Crippen molar-refractivity contribution in [3.05, 3.63) is 41.4 Å². The Morgan fingerprint density at radius 2 is 2.14 bits per heavy atom. The van der Waals surface area contributed by atoms with E-state index >= 15 is 0 Å². The lowest BCUT2D eigenvalue weighted by atomic mass is 9.86. The van der Waals surface area contributed by atoms with Crippen LogP contribution < -0.4 is 11.1 Å². The molecule has 22 heavy (non-hydrogen) atoms. The van der Waals surface area contributed by atoms with Gasteiger partial charge in [0, 0.05) is 23.7 Å². The normalized spacial score (nSPS) is 20.9. The van der Waals surface area contributed by atoms with Gasteiger partial charge in [-0.2, -0.15) is 0 Å². The van der Waals surface area contributed by atoms with E-state index in [0.29, 0.717) is 23.4 Å². The molecule has 0 spiro atoms. The summed E-state index contributed by atoms with van der Waals surface area (Å²) in [6.45, 7) is 0. The summed E-state index contributed by atoms with van der Waals surface area (Å²) in [5.41, 5.74) is 7.93. The lowest BCUT2D eigenvalue weighted by molar-refractivity contribution is -0.116. The van der Waals surface area contributed by atoms with E-state index in [4.69, 9.17) is 5.73 Å². The van der Waals surface area contributed by atoms with Crippen LogP contribution in [0.3, 0.4) is 0 Å². The Hall–Kier alpha value is -1.88. The first-order valence-electron chi connectivity index (χ1n) is 7.77. The lowest BCUT2D eigenvalue weighted by Gasteiger charge is -2.20. The summed E-state index contributed by atoms with van der Waals surface area (Å²) < 4.78 is 0. The first kappa shape index (κ1) is 15.0. The minimum absolute atomic E-state index is 0.0675. The van der Waals surface area contributed by atoms with Crippen LogP contribution in [0.1, 0.15) is 43.6 Å². The molecule has 1 amide bonds. The van der Waals surface area contributed by atoms with Crippen LogP contribution in [0.2, 0.25) is 0 Å². The summed E-state index contributed by atoms with van der Waals surface area (Å²) in [5.74, 6) is 1.22. The van der Waals surface area contributed by atoms with Gasteiger partial charge in [-0.1, -0.05) is 18.6 Å². The van der Waals surface area contributed by atoms with Crippen LogP contribution in [-0.2, 0) is 4.79 Å². The maximum atomic E-state index is 12.0. The third-order valence-electron chi connectivity index (χ3n) is 4.44. The SMILES string of the molecule is Nc1ccc(C2CCCC2CCC(=O)Nc2nccs2)cc1. The number of benzene rings is 1. The molecular formula is C17H21N3OS. The van der Waals surface area contributed by atoms with Gasteiger partial charge in [0.15, 0.2) is 5.13 Å². The van der Waals surface area contributed by atoms with Crippen LogP contribution in [0.5, 0.6) is 0 Å². The number of thiazole rings is 1. The molecule has 1 heterocycles. The van der Waals surface area contributed by atoms with E-state index in [1.807, 2.05) is 17.5 Å². The molecule has 5 heteroatoms. The fourth-order valence-electron chi connectivity index (χ4n) is 3.35. The van der Waals surface area contributed by atoms with Gasteiger partial charge in [0.1, 0.15) is 0 Å². The van der Waals surface area contributed by atoms with Gasteiger partial charge in [0.2, 0.25) is 5.91 Å². The summed E-state index contributed by atoms with van der Waals surface area (Å²) in [6.07, 6.45) is 6.87. The van der Waals surface area contributed by atoms with E-state index in [1.165, 1.54) is 36.2 Å². The molecule has 2 atom stereocenters. The molecule has 1 saturated carbocycles. The van der Waals surface area contributed by atoms with E-state index in [0.717, 1.165) is 12.1 Å². The number of amides is 1. The van der Waals surface area contributed by atoms with Crippen molar-refractivity contribution < 1.29 is 4.79 Å². The predicted octanol–water partition coefficient (Wildman–Crippen LogP) is 4.03. The Labute approximate surface area is 134 Å². The van der Waals surface area contributed by atoms with E-state index < -0.39 is 0 Å². The smallest absolute Gasteiger partial charge is 0.226 e. The zero-order chi connectivity index (χ0) is 15.4. The Kier molecular flexibility index (Phi) is 4.73. The van der Waals surface area contributed by atoms with E-state index in [9.17, 15) is 4.79 Å². The quantitative estimate of drug-likeness (QED) is 0.819. The maximum Gasteiger partial charge on any atom is 0.226 e. The van der Waals surface area contributed by atoms with Crippen molar-refractivity contribution in [1.29, 1.82) is 0 Å². The fraction of sp³-hybridized carbons (Fsp3) is 0.412. The monoisotopic (exact) mass is 315 g/mol. The second kappa shape index (κ2) is 6.92. The van der Waals surface area contributed by atoms with Crippen LogP contribution in [0, 0.1) is 5.92 Å². The molecule has 1 aromatic carbocycles. The second-order valence-corrected chi connectivity index (χ2v) is 6.78. The molecule has 2 aromatic rings. The molecular weight excluding hydrogens is 294 g/mol. The fourth-order valence-corrected chi connectivity index (χ4v) is 3.89. The van der Waals surface area contributed by atoms with Crippen molar-refractivity contribution in [3.63, 3.8) is 0 Å². The molecule has 3 rings (SSSR count). The minimum Gasteiger partial charge on any atom is -0.399 e. The summed E-state index contributed by atoms with van der Waals surface area (Å²) in [7, 11) is 0. The summed E-state index contributed by atoms with van der Waals surface area (Å²) in [6, 6.07) is 8.21. The third-order valence-corrected chi connectivity index (χ3v) is 5.13. The highest BCUT2D eigenvalue weighted by Crippen LogP contribution is 2.42. The largest absolute Gasteiger partial charge is 0.399 e. The van der Waals surface area contributed by atoms with Gasteiger partial charge in [0.05, 0.1) is 0 Å². The van der Waals surface area contributed by atoms with Gasteiger partial charge in [-0.3, -0.25) is 4.79 Å². The van der Waals surface area contributed by atoms with Gasteiger partial charge in [-0.05, 0) is 48.8 Å². The molecule has 0 aliphatic heterocycles. The predicted molar refractivity (Wildman–Crippen MR) is 90.9 cm³/mol. The van der Waals surface area contributed by atoms with Gasteiger partial charge in [-0.15, -0.1) is 11.3 Å². The van der Waals surface area contributed by atoms with Gasteiger partial charge in [-0.25, -0.2) is 4.98 Å². The van der Waals surface area contributed by atoms with Crippen molar-refractivity contribution in [2.45, 2.75) is 38.0 Å². The Balaban J connectivity index is 1.55. The van der Waals surface area contributed by atoms with Crippen molar-refractivity contribution in [2.24, 2.45) is 5.92 Å². The number of anilines is 2. The number of nitrogens with one attached hydrogen (secondary N) is 1. The number of hydrogen-bond acceptors (Lipinski definition) is 4. The van der Waals surface area contributed by atoms with Crippen LogP contribution in [0.4, 0.5) is 10.8 Å². The number of hydrogen-bond donors (Lipinski definition) is 2. The second-order valence-electron chi connectivity index (χ2n) is 5.89. The number of carbonyl (C=O) groups is 1. The highest BCUT2D eigenvalue weighted by Gasteiger charge is 2.28. The zero-order valence-corrected chi connectivity index (χ0v) is 13.3. The number of aromatic nitrogens is 1. The van der Waals surface area contributed by atoms with E-state index in [1.54, 1.807) is 6.20 Å². The summed E-state index contributed by atoms with van der Waals surface area (Å²) in [4.78, 5) is 16.1. The van der Waals surface area contributed by atoms with Gasteiger partial charge < -0.3 is 11.1 Å². The number of carbonyl (C=O) groups excluding carboxylic acids is 1. The summed E-state index contributed by atoms with van der Waals surface area (Å²) in [5, 5.41) is 5.41. The molecule has 3 N–H and O–H groups in total. The number of rotatable bonds is 5.